The number of Topliss-reactive ketones (excluding diaryl/α,β-unsaturated/α-hetero) is 1. The number of benzene rings is 1. The van der Waals surface area contributed by atoms with E-state index < -0.39 is 0 Å². The van der Waals surface area contributed by atoms with Crippen molar-refractivity contribution in [3.05, 3.63) is 81.3 Å². The minimum Gasteiger partial charge on any atom is -0.487 e. The van der Waals surface area contributed by atoms with Gasteiger partial charge < -0.3 is 10.1 Å². The number of halogens is 1. The largest absolute Gasteiger partial charge is 0.487 e. The molecule has 1 aromatic carbocycles. The number of aromatic nitrogens is 1. The van der Waals surface area contributed by atoms with Crippen LogP contribution in [0.5, 0.6) is 5.75 Å². The second-order valence-corrected chi connectivity index (χ2v) is 7.77. The summed E-state index contributed by atoms with van der Waals surface area (Å²) < 4.78 is 6.26. The number of amides is 1. The number of rotatable bonds is 9. The molecular weight excluding hydrogens is 396 g/mol. The van der Waals surface area contributed by atoms with Crippen LogP contribution in [0.2, 0.25) is 4.34 Å². The fourth-order valence-electron chi connectivity index (χ4n) is 2.45. The molecule has 0 unspecified atom stereocenters. The van der Waals surface area contributed by atoms with E-state index in [1.807, 2.05) is 42.5 Å². The van der Waals surface area contributed by atoms with E-state index in [0.29, 0.717) is 22.4 Å². The average molecular weight is 415 g/mol. The summed E-state index contributed by atoms with van der Waals surface area (Å²) in [5, 5.41) is 2.82. The Morgan fingerprint density at radius 2 is 1.86 bits per heavy atom. The van der Waals surface area contributed by atoms with Crippen LogP contribution in [-0.2, 0) is 17.9 Å². The summed E-state index contributed by atoms with van der Waals surface area (Å²) in [4.78, 5) is 28.7. The normalized spacial score (nSPS) is 10.5. The molecule has 2 heterocycles. The predicted octanol–water partition coefficient (Wildman–Crippen LogP) is 4.65. The maximum Gasteiger partial charge on any atom is 0.220 e. The molecule has 144 valence electrons. The van der Waals surface area contributed by atoms with E-state index in [1.165, 1.54) is 11.3 Å². The van der Waals surface area contributed by atoms with Crippen LogP contribution in [0.15, 0.2) is 60.8 Å². The van der Waals surface area contributed by atoms with Gasteiger partial charge in [-0.3, -0.25) is 14.6 Å². The van der Waals surface area contributed by atoms with Crippen LogP contribution in [0.1, 0.15) is 33.8 Å². The number of nitrogens with zero attached hydrogens (tertiary/aromatic N) is 1. The molecule has 0 aliphatic rings. The topological polar surface area (TPSA) is 68.3 Å². The molecule has 28 heavy (non-hydrogen) atoms. The van der Waals surface area contributed by atoms with Gasteiger partial charge in [0.1, 0.15) is 12.4 Å². The van der Waals surface area contributed by atoms with Gasteiger partial charge in [0.15, 0.2) is 5.78 Å². The van der Waals surface area contributed by atoms with Gasteiger partial charge in [0.2, 0.25) is 5.91 Å². The first-order valence-electron chi connectivity index (χ1n) is 8.77. The number of ether oxygens (including phenoxy) is 1. The van der Waals surface area contributed by atoms with E-state index in [-0.39, 0.29) is 24.5 Å². The zero-order chi connectivity index (χ0) is 19.8. The maximum atomic E-state index is 12.0. The third-order valence-electron chi connectivity index (χ3n) is 3.95. The molecule has 3 rings (SSSR count). The highest BCUT2D eigenvalue weighted by Crippen LogP contribution is 2.22. The average Bonchev–Trinajstić information content (AvgIpc) is 3.17. The molecule has 0 fully saturated rings. The van der Waals surface area contributed by atoms with E-state index in [1.54, 1.807) is 18.3 Å². The minimum atomic E-state index is -0.161. The van der Waals surface area contributed by atoms with Gasteiger partial charge in [-0.2, -0.15) is 0 Å². The lowest BCUT2D eigenvalue weighted by Crippen LogP contribution is -2.23. The molecule has 0 bridgehead atoms. The summed E-state index contributed by atoms with van der Waals surface area (Å²) >= 11 is 7.05. The van der Waals surface area contributed by atoms with E-state index in [0.717, 1.165) is 17.0 Å². The van der Waals surface area contributed by atoms with E-state index in [4.69, 9.17) is 16.3 Å². The van der Waals surface area contributed by atoms with Crippen molar-refractivity contribution in [3.8, 4) is 5.75 Å². The molecule has 1 N–H and O–H groups in total. The van der Waals surface area contributed by atoms with Crippen LogP contribution >= 0.6 is 22.9 Å². The third-order valence-corrected chi connectivity index (χ3v) is 5.23. The summed E-state index contributed by atoms with van der Waals surface area (Å²) in [6, 6.07) is 16.6. The molecule has 0 saturated carbocycles. The molecule has 0 atom stereocenters. The molecule has 2 aromatic heterocycles. The van der Waals surface area contributed by atoms with Crippen molar-refractivity contribution in [2.24, 2.45) is 0 Å². The van der Waals surface area contributed by atoms with Crippen LogP contribution < -0.4 is 10.1 Å². The van der Waals surface area contributed by atoms with Crippen LogP contribution in [0.3, 0.4) is 0 Å². The van der Waals surface area contributed by atoms with Gasteiger partial charge in [-0.1, -0.05) is 29.8 Å². The summed E-state index contributed by atoms with van der Waals surface area (Å²) in [6.07, 6.45) is 2.05. The summed E-state index contributed by atoms with van der Waals surface area (Å²) in [7, 11) is 0. The summed E-state index contributed by atoms with van der Waals surface area (Å²) in [5.74, 6) is 0.508. The highest BCUT2D eigenvalue weighted by molar-refractivity contribution is 7.18. The minimum absolute atomic E-state index is 0.0681. The number of nitrogens with one attached hydrogen (secondary N) is 1. The standard InChI is InChI=1S/C21H19ClN2O3S/c22-20-10-9-19(28-20)18(25)8-11-21(26)24-13-15-4-6-17(7-5-15)27-14-16-3-1-2-12-23-16/h1-7,9-10,12H,8,11,13-14H2,(H,24,26). The summed E-state index contributed by atoms with van der Waals surface area (Å²) in [6.45, 7) is 0.804. The van der Waals surface area contributed by atoms with E-state index in [9.17, 15) is 9.59 Å². The first kappa shape index (κ1) is 20.0. The Bertz CT molecular complexity index is 926. The lowest BCUT2D eigenvalue weighted by Gasteiger charge is -2.08. The highest BCUT2D eigenvalue weighted by atomic mass is 35.5. The fraction of sp³-hybridized carbons (Fsp3) is 0.190. The first-order valence-corrected chi connectivity index (χ1v) is 9.96. The molecule has 1 amide bonds. The molecular formula is C21H19ClN2O3S. The fourth-order valence-corrected chi connectivity index (χ4v) is 3.46. The lowest BCUT2D eigenvalue weighted by molar-refractivity contribution is -0.121. The van der Waals surface area contributed by atoms with Gasteiger partial charge in [0.25, 0.3) is 0 Å². The third kappa shape index (κ3) is 6.18. The predicted molar refractivity (Wildman–Crippen MR) is 110 cm³/mol. The van der Waals surface area contributed by atoms with Crippen molar-refractivity contribution in [1.82, 2.24) is 10.3 Å². The van der Waals surface area contributed by atoms with E-state index >= 15 is 0 Å². The number of carbonyl (C=O) groups is 2. The molecule has 0 aliphatic carbocycles. The van der Waals surface area contributed by atoms with Crippen molar-refractivity contribution < 1.29 is 14.3 Å². The number of carbonyl (C=O) groups excluding carboxylic acids is 2. The molecule has 5 nitrogen and oxygen atoms in total. The van der Waals surface area contributed by atoms with Gasteiger partial charge >= 0.3 is 0 Å². The SMILES string of the molecule is O=C(CCC(=O)c1ccc(Cl)s1)NCc1ccc(OCc2ccccn2)cc1. The van der Waals surface area contributed by atoms with Crippen molar-refractivity contribution >= 4 is 34.6 Å². The van der Waals surface area contributed by atoms with E-state index in [2.05, 4.69) is 10.3 Å². The quantitative estimate of drug-likeness (QED) is 0.517. The molecule has 7 heteroatoms. The van der Waals surface area contributed by atoms with Crippen LogP contribution in [0.4, 0.5) is 0 Å². The Labute approximate surface area is 172 Å². The smallest absolute Gasteiger partial charge is 0.220 e. The molecule has 0 spiro atoms. The number of hydrogen-bond donors (Lipinski definition) is 1. The Balaban J connectivity index is 1.39. The van der Waals surface area contributed by atoms with Crippen LogP contribution in [-0.4, -0.2) is 16.7 Å². The van der Waals surface area contributed by atoms with Crippen LogP contribution in [0.25, 0.3) is 0 Å². The van der Waals surface area contributed by atoms with Crippen LogP contribution in [0, 0.1) is 0 Å². The number of pyridine rings is 1. The van der Waals surface area contributed by atoms with Gasteiger partial charge in [-0.05, 0) is 42.0 Å². The Morgan fingerprint density at radius 1 is 1.04 bits per heavy atom. The Kier molecular flexibility index (Phi) is 7.17. The monoisotopic (exact) mass is 414 g/mol. The highest BCUT2D eigenvalue weighted by Gasteiger charge is 2.11. The van der Waals surface area contributed by atoms with Crippen molar-refractivity contribution in [2.75, 3.05) is 0 Å². The molecule has 0 aliphatic heterocycles. The van der Waals surface area contributed by atoms with Gasteiger partial charge in [-0.15, -0.1) is 11.3 Å². The first-order chi connectivity index (χ1) is 13.6. The second-order valence-electron chi connectivity index (χ2n) is 6.06. The maximum absolute atomic E-state index is 12.0. The summed E-state index contributed by atoms with van der Waals surface area (Å²) in [5.41, 5.74) is 1.81. The molecule has 0 saturated heterocycles. The van der Waals surface area contributed by atoms with Crippen molar-refractivity contribution in [3.63, 3.8) is 0 Å². The van der Waals surface area contributed by atoms with Crippen molar-refractivity contribution in [2.45, 2.75) is 26.0 Å². The Morgan fingerprint density at radius 3 is 2.54 bits per heavy atom. The number of thiophene rings is 1. The van der Waals surface area contributed by atoms with Gasteiger partial charge in [0.05, 0.1) is 14.9 Å². The van der Waals surface area contributed by atoms with Crippen molar-refractivity contribution in [1.29, 1.82) is 0 Å². The second kappa shape index (κ2) is 10.0. The molecule has 3 aromatic rings. The molecule has 0 radical (unpaired) electrons. The lowest BCUT2D eigenvalue weighted by atomic mass is 10.1. The Hall–Kier alpha value is -2.70. The zero-order valence-corrected chi connectivity index (χ0v) is 16.6. The zero-order valence-electron chi connectivity index (χ0n) is 15.1. The van der Waals surface area contributed by atoms with Gasteiger partial charge in [-0.25, -0.2) is 0 Å². The van der Waals surface area contributed by atoms with Gasteiger partial charge in [0, 0.05) is 25.6 Å². The number of ketones is 1. The number of hydrogen-bond acceptors (Lipinski definition) is 5.